The molecule has 0 bridgehead atoms. The summed E-state index contributed by atoms with van der Waals surface area (Å²) in [5.41, 5.74) is 2.06. The summed E-state index contributed by atoms with van der Waals surface area (Å²) in [5, 5.41) is 13.3. The molecule has 6 heteroatoms. The predicted molar refractivity (Wildman–Crippen MR) is 111 cm³/mol. The maximum Gasteiger partial charge on any atom is 0.317 e. The van der Waals surface area contributed by atoms with E-state index in [2.05, 4.69) is 5.32 Å². The molecule has 4 rings (SSSR count). The molecule has 2 atom stereocenters. The Morgan fingerprint density at radius 3 is 2.79 bits per heavy atom. The number of urea groups is 1. The lowest BCUT2D eigenvalue weighted by Gasteiger charge is -2.37. The standard InChI is InChI=1S/C23H30N2O4/c26-19-10-6-17-15-20(11-7-16(17)14-19)29-13-3-12-24-23(28)25(18-8-9-18)21-4-1-2-5-22(21)27/h6-7,10-11,15,18,21-22,27H,1-5,8-9,12-14H2,(H,24,28)/t21-,22-/m1/s1. The second-order valence-corrected chi connectivity index (χ2v) is 8.33. The summed E-state index contributed by atoms with van der Waals surface area (Å²) in [5.74, 6) is 0.905. The van der Waals surface area contributed by atoms with Crippen molar-refractivity contribution in [1.82, 2.24) is 10.2 Å². The minimum atomic E-state index is -0.396. The Morgan fingerprint density at radius 2 is 2.00 bits per heavy atom. The Kier molecular flexibility index (Phi) is 6.19. The quantitative estimate of drug-likeness (QED) is 0.692. The van der Waals surface area contributed by atoms with E-state index in [9.17, 15) is 14.7 Å². The molecule has 2 saturated carbocycles. The Morgan fingerprint density at radius 1 is 1.17 bits per heavy atom. The zero-order valence-electron chi connectivity index (χ0n) is 16.8. The molecular formula is C23H30N2O4. The fraction of sp³-hybridized carbons (Fsp3) is 0.565. The highest BCUT2D eigenvalue weighted by Gasteiger charge is 2.40. The maximum atomic E-state index is 12.7. The van der Waals surface area contributed by atoms with Crippen LogP contribution in [0.15, 0.2) is 24.3 Å². The Balaban J connectivity index is 1.22. The normalized spacial score (nSPS) is 23.4. The van der Waals surface area contributed by atoms with Gasteiger partial charge in [0.25, 0.3) is 0 Å². The number of fused-ring (bicyclic) bond motifs is 1. The van der Waals surface area contributed by atoms with Gasteiger partial charge >= 0.3 is 6.03 Å². The Bertz CT molecular complexity index is 787. The molecule has 2 fully saturated rings. The van der Waals surface area contributed by atoms with Crippen molar-refractivity contribution in [3.05, 3.63) is 35.4 Å². The van der Waals surface area contributed by atoms with E-state index in [0.717, 1.165) is 55.4 Å². The number of rotatable bonds is 7. The number of allylic oxidation sites excluding steroid dienone is 1. The average molecular weight is 399 g/mol. The van der Waals surface area contributed by atoms with Crippen molar-refractivity contribution in [2.75, 3.05) is 13.2 Å². The van der Waals surface area contributed by atoms with E-state index in [4.69, 9.17) is 4.74 Å². The minimum absolute atomic E-state index is 0.0390. The number of nitrogens with one attached hydrogen (secondary N) is 1. The van der Waals surface area contributed by atoms with Crippen LogP contribution in [0, 0.1) is 0 Å². The maximum absolute atomic E-state index is 12.7. The highest BCUT2D eigenvalue weighted by Crippen LogP contribution is 2.34. The molecule has 156 valence electrons. The van der Waals surface area contributed by atoms with Crippen molar-refractivity contribution in [3.8, 4) is 5.75 Å². The topological polar surface area (TPSA) is 78.9 Å². The summed E-state index contributed by atoms with van der Waals surface area (Å²) in [6.45, 7) is 1.06. The van der Waals surface area contributed by atoms with Crippen LogP contribution in [0.1, 0.15) is 56.1 Å². The van der Waals surface area contributed by atoms with Crippen LogP contribution < -0.4 is 10.1 Å². The number of hydrogen-bond donors (Lipinski definition) is 2. The molecule has 0 unspecified atom stereocenters. The number of nitrogens with zero attached hydrogens (tertiary/aromatic N) is 1. The van der Waals surface area contributed by atoms with Crippen LogP contribution >= 0.6 is 0 Å². The number of benzene rings is 1. The van der Waals surface area contributed by atoms with Crippen LogP contribution in [-0.2, 0) is 11.2 Å². The number of aliphatic hydroxyl groups is 1. The number of ketones is 1. The first-order valence-corrected chi connectivity index (χ1v) is 10.8. The molecule has 2 N–H and O–H groups in total. The van der Waals surface area contributed by atoms with E-state index in [0.29, 0.717) is 32.0 Å². The highest BCUT2D eigenvalue weighted by atomic mass is 16.5. The van der Waals surface area contributed by atoms with E-state index >= 15 is 0 Å². The molecule has 29 heavy (non-hydrogen) atoms. The molecule has 6 nitrogen and oxygen atoms in total. The summed E-state index contributed by atoms with van der Waals surface area (Å²) in [6.07, 6.45) is 10.1. The summed E-state index contributed by atoms with van der Waals surface area (Å²) in [7, 11) is 0. The zero-order valence-corrected chi connectivity index (χ0v) is 16.8. The largest absolute Gasteiger partial charge is 0.494 e. The Hall–Kier alpha value is -2.34. The number of carbonyl (C=O) groups excluding carboxylic acids is 2. The number of aliphatic hydroxyl groups excluding tert-OH is 1. The van der Waals surface area contributed by atoms with Crippen molar-refractivity contribution in [2.24, 2.45) is 0 Å². The van der Waals surface area contributed by atoms with Crippen molar-refractivity contribution < 1.29 is 19.4 Å². The molecule has 1 aromatic rings. The van der Waals surface area contributed by atoms with Crippen LogP contribution in [0.2, 0.25) is 0 Å². The van der Waals surface area contributed by atoms with Crippen LogP contribution in [0.3, 0.4) is 0 Å². The molecule has 0 radical (unpaired) electrons. The second kappa shape index (κ2) is 8.99. The second-order valence-electron chi connectivity index (χ2n) is 8.33. The SMILES string of the molecule is O=C1C=Cc2cc(OCCCNC(=O)N(C3CC3)[C@@H]3CCCC[C@H]3O)ccc2C1. The molecule has 0 heterocycles. The number of amides is 2. The van der Waals surface area contributed by atoms with Gasteiger partial charge in [0.2, 0.25) is 0 Å². The molecule has 1 aromatic carbocycles. The van der Waals surface area contributed by atoms with Gasteiger partial charge in [-0.15, -0.1) is 0 Å². The average Bonchev–Trinajstić information content (AvgIpc) is 3.54. The van der Waals surface area contributed by atoms with Crippen molar-refractivity contribution in [3.63, 3.8) is 0 Å². The fourth-order valence-corrected chi connectivity index (χ4v) is 4.31. The van der Waals surface area contributed by atoms with E-state index in [1.165, 1.54) is 0 Å². The number of ether oxygens (including phenoxy) is 1. The summed E-state index contributed by atoms with van der Waals surface area (Å²) in [6, 6.07) is 5.99. The van der Waals surface area contributed by atoms with Crippen LogP contribution in [0.4, 0.5) is 4.79 Å². The van der Waals surface area contributed by atoms with Gasteiger partial charge in [0, 0.05) is 19.0 Å². The van der Waals surface area contributed by atoms with Crippen molar-refractivity contribution >= 4 is 17.9 Å². The molecule has 2 amide bonds. The van der Waals surface area contributed by atoms with Gasteiger partial charge in [-0.05, 0) is 61.4 Å². The Labute approximate surface area is 171 Å². The zero-order chi connectivity index (χ0) is 20.2. The fourth-order valence-electron chi connectivity index (χ4n) is 4.31. The van der Waals surface area contributed by atoms with Crippen LogP contribution in [-0.4, -0.2) is 53.2 Å². The molecule has 0 saturated heterocycles. The molecule has 0 aromatic heterocycles. The van der Waals surface area contributed by atoms with E-state index < -0.39 is 6.10 Å². The lowest BCUT2D eigenvalue weighted by molar-refractivity contribution is -0.114. The smallest absolute Gasteiger partial charge is 0.317 e. The van der Waals surface area contributed by atoms with Gasteiger partial charge in [-0.1, -0.05) is 25.0 Å². The monoisotopic (exact) mass is 398 g/mol. The first-order chi connectivity index (χ1) is 14.1. The van der Waals surface area contributed by atoms with Gasteiger partial charge in [0.1, 0.15) is 5.75 Å². The van der Waals surface area contributed by atoms with Crippen LogP contribution in [0.25, 0.3) is 6.08 Å². The molecule has 3 aliphatic rings. The summed E-state index contributed by atoms with van der Waals surface area (Å²) in [4.78, 5) is 26.1. The van der Waals surface area contributed by atoms with Gasteiger partial charge in [-0.3, -0.25) is 4.79 Å². The first-order valence-electron chi connectivity index (χ1n) is 10.8. The van der Waals surface area contributed by atoms with E-state index in [-0.39, 0.29) is 17.9 Å². The van der Waals surface area contributed by atoms with Gasteiger partial charge in [0.15, 0.2) is 5.78 Å². The van der Waals surface area contributed by atoms with Crippen molar-refractivity contribution in [2.45, 2.75) is 69.6 Å². The minimum Gasteiger partial charge on any atom is -0.494 e. The third kappa shape index (κ3) is 4.99. The third-order valence-electron chi connectivity index (χ3n) is 6.02. The molecule has 3 aliphatic carbocycles. The predicted octanol–water partition coefficient (Wildman–Crippen LogP) is 3.07. The van der Waals surface area contributed by atoms with Crippen LogP contribution in [0.5, 0.6) is 5.75 Å². The van der Waals surface area contributed by atoms with Gasteiger partial charge < -0.3 is 20.1 Å². The van der Waals surface area contributed by atoms with Gasteiger partial charge in [0.05, 0.1) is 18.8 Å². The summed E-state index contributed by atoms with van der Waals surface area (Å²) < 4.78 is 5.81. The van der Waals surface area contributed by atoms with E-state index in [1.807, 2.05) is 29.2 Å². The number of hydrogen-bond acceptors (Lipinski definition) is 4. The lowest BCUT2D eigenvalue weighted by atomic mass is 9.91. The highest BCUT2D eigenvalue weighted by molar-refractivity contribution is 5.98. The summed E-state index contributed by atoms with van der Waals surface area (Å²) >= 11 is 0. The first kappa shape index (κ1) is 20.0. The third-order valence-corrected chi connectivity index (χ3v) is 6.02. The molecule has 0 spiro atoms. The number of carbonyl (C=O) groups is 2. The lowest BCUT2D eigenvalue weighted by Crippen LogP contribution is -2.53. The van der Waals surface area contributed by atoms with Gasteiger partial charge in [-0.2, -0.15) is 0 Å². The molecule has 0 aliphatic heterocycles. The van der Waals surface area contributed by atoms with Gasteiger partial charge in [-0.25, -0.2) is 4.79 Å². The van der Waals surface area contributed by atoms with E-state index in [1.54, 1.807) is 6.08 Å². The molecular weight excluding hydrogens is 368 g/mol. The van der Waals surface area contributed by atoms with Crippen molar-refractivity contribution in [1.29, 1.82) is 0 Å².